The number of nitro groups is 1. The SMILES string of the molecule is COc1cccc(-n2c(-c3ccc([N+](=O)[O-])cc3)nc3ccccc3c2=O)c1. The van der Waals surface area contributed by atoms with Crippen molar-refractivity contribution in [3.63, 3.8) is 0 Å². The molecule has 0 saturated heterocycles. The minimum absolute atomic E-state index is 0.0279. The molecule has 0 aliphatic heterocycles. The van der Waals surface area contributed by atoms with Gasteiger partial charge in [0, 0.05) is 23.8 Å². The van der Waals surface area contributed by atoms with E-state index in [1.807, 2.05) is 6.07 Å². The molecule has 4 rings (SSSR count). The van der Waals surface area contributed by atoms with Gasteiger partial charge in [0.05, 0.1) is 28.6 Å². The first-order valence-electron chi connectivity index (χ1n) is 8.49. The van der Waals surface area contributed by atoms with Gasteiger partial charge < -0.3 is 4.74 Å². The number of non-ortho nitro benzene ring substituents is 1. The normalized spacial score (nSPS) is 10.8. The molecule has 0 bridgehead atoms. The monoisotopic (exact) mass is 373 g/mol. The first-order chi connectivity index (χ1) is 13.6. The Hall–Kier alpha value is -4.00. The summed E-state index contributed by atoms with van der Waals surface area (Å²) in [5, 5.41) is 11.4. The molecule has 0 atom stereocenters. The second-order valence-electron chi connectivity index (χ2n) is 6.10. The Bertz CT molecular complexity index is 1250. The number of para-hydroxylation sites is 1. The highest BCUT2D eigenvalue weighted by molar-refractivity contribution is 5.80. The van der Waals surface area contributed by atoms with Crippen LogP contribution < -0.4 is 10.3 Å². The summed E-state index contributed by atoms with van der Waals surface area (Å²) in [5.74, 6) is 0.999. The van der Waals surface area contributed by atoms with E-state index >= 15 is 0 Å². The molecule has 1 heterocycles. The fourth-order valence-corrected chi connectivity index (χ4v) is 3.05. The zero-order chi connectivity index (χ0) is 19.7. The number of nitrogens with zero attached hydrogens (tertiary/aromatic N) is 3. The smallest absolute Gasteiger partial charge is 0.269 e. The molecule has 28 heavy (non-hydrogen) atoms. The number of nitro benzene ring substituents is 1. The quantitative estimate of drug-likeness (QED) is 0.399. The van der Waals surface area contributed by atoms with Crippen molar-refractivity contribution >= 4 is 16.6 Å². The van der Waals surface area contributed by atoms with E-state index < -0.39 is 4.92 Å². The molecule has 7 heteroatoms. The topological polar surface area (TPSA) is 87.3 Å². The molecule has 0 saturated carbocycles. The van der Waals surface area contributed by atoms with Crippen molar-refractivity contribution in [3.8, 4) is 22.8 Å². The third kappa shape index (κ3) is 2.99. The third-order valence-electron chi connectivity index (χ3n) is 4.42. The van der Waals surface area contributed by atoms with E-state index in [9.17, 15) is 14.9 Å². The second kappa shape index (κ2) is 6.96. The van der Waals surface area contributed by atoms with Gasteiger partial charge in [-0.3, -0.25) is 19.5 Å². The van der Waals surface area contributed by atoms with E-state index in [4.69, 9.17) is 4.74 Å². The lowest BCUT2D eigenvalue weighted by molar-refractivity contribution is -0.384. The zero-order valence-electron chi connectivity index (χ0n) is 14.9. The zero-order valence-corrected chi connectivity index (χ0v) is 14.9. The number of hydrogen-bond acceptors (Lipinski definition) is 5. The predicted octanol–water partition coefficient (Wildman–Crippen LogP) is 3.97. The second-order valence-corrected chi connectivity index (χ2v) is 6.10. The number of aromatic nitrogens is 2. The van der Waals surface area contributed by atoms with Crippen LogP contribution in [0.3, 0.4) is 0 Å². The summed E-state index contributed by atoms with van der Waals surface area (Å²) in [6.45, 7) is 0. The largest absolute Gasteiger partial charge is 0.497 e. The van der Waals surface area contributed by atoms with E-state index in [1.165, 1.54) is 16.7 Å². The number of methoxy groups -OCH3 is 1. The summed E-state index contributed by atoms with van der Waals surface area (Å²) in [6.07, 6.45) is 0. The average molecular weight is 373 g/mol. The van der Waals surface area contributed by atoms with Crippen LogP contribution >= 0.6 is 0 Å². The molecular formula is C21H15N3O4. The standard InChI is InChI=1S/C21H15N3O4/c1-28-17-6-4-5-16(13-17)23-20(14-9-11-15(12-10-14)24(26)27)22-19-8-3-2-7-18(19)21(23)25/h2-13H,1H3. The Kier molecular flexibility index (Phi) is 4.33. The van der Waals surface area contributed by atoms with Crippen molar-refractivity contribution in [1.29, 1.82) is 0 Å². The number of benzene rings is 3. The van der Waals surface area contributed by atoms with Gasteiger partial charge in [0.1, 0.15) is 11.6 Å². The van der Waals surface area contributed by atoms with Gasteiger partial charge >= 0.3 is 0 Å². The maximum absolute atomic E-state index is 13.3. The lowest BCUT2D eigenvalue weighted by Crippen LogP contribution is -2.22. The molecule has 138 valence electrons. The molecule has 0 spiro atoms. The number of rotatable bonds is 4. The molecular weight excluding hydrogens is 358 g/mol. The fraction of sp³-hybridized carbons (Fsp3) is 0.0476. The summed E-state index contributed by atoms with van der Waals surface area (Å²) >= 11 is 0. The van der Waals surface area contributed by atoms with E-state index in [1.54, 1.807) is 61.7 Å². The van der Waals surface area contributed by atoms with Crippen molar-refractivity contribution in [1.82, 2.24) is 9.55 Å². The van der Waals surface area contributed by atoms with E-state index in [0.717, 1.165) is 0 Å². The van der Waals surface area contributed by atoms with Gasteiger partial charge in [0.2, 0.25) is 0 Å². The van der Waals surface area contributed by atoms with Crippen LogP contribution in [0.4, 0.5) is 5.69 Å². The highest BCUT2D eigenvalue weighted by Gasteiger charge is 2.16. The number of hydrogen-bond donors (Lipinski definition) is 0. The van der Waals surface area contributed by atoms with Gasteiger partial charge in [-0.1, -0.05) is 18.2 Å². The number of ether oxygens (including phenoxy) is 1. The van der Waals surface area contributed by atoms with Crippen molar-refractivity contribution in [2.24, 2.45) is 0 Å². The van der Waals surface area contributed by atoms with Crippen LogP contribution in [0.25, 0.3) is 28.0 Å². The average Bonchev–Trinajstić information content (AvgIpc) is 2.73. The molecule has 7 nitrogen and oxygen atoms in total. The van der Waals surface area contributed by atoms with Gasteiger partial charge in [0.25, 0.3) is 11.2 Å². The molecule has 4 aromatic rings. The summed E-state index contributed by atoms with van der Waals surface area (Å²) in [7, 11) is 1.55. The first-order valence-corrected chi connectivity index (χ1v) is 8.49. The molecule has 0 amide bonds. The van der Waals surface area contributed by atoms with Crippen LogP contribution in [0, 0.1) is 10.1 Å². The van der Waals surface area contributed by atoms with Crippen molar-refractivity contribution in [2.45, 2.75) is 0 Å². The molecule has 0 aliphatic carbocycles. The lowest BCUT2D eigenvalue weighted by atomic mass is 10.1. The van der Waals surface area contributed by atoms with Crippen molar-refractivity contribution < 1.29 is 9.66 Å². The number of fused-ring (bicyclic) bond motifs is 1. The molecule has 0 radical (unpaired) electrons. The highest BCUT2D eigenvalue weighted by Crippen LogP contribution is 2.25. The molecule has 0 fully saturated rings. The Morgan fingerprint density at radius 3 is 2.46 bits per heavy atom. The van der Waals surface area contributed by atoms with Gasteiger partial charge in [-0.25, -0.2) is 4.98 Å². The molecule has 0 aliphatic rings. The molecule has 0 N–H and O–H groups in total. The van der Waals surface area contributed by atoms with Crippen LogP contribution in [0.1, 0.15) is 0 Å². The summed E-state index contributed by atoms with van der Waals surface area (Å²) in [5.41, 5.74) is 1.49. The van der Waals surface area contributed by atoms with Gasteiger partial charge in [0.15, 0.2) is 0 Å². The highest BCUT2D eigenvalue weighted by atomic mass is 16.6. The molecule has 1 aromatic heterocycles. The summed E-state index contributed by atoms with van der Waals surface area (Å²) < 4.78 is 6.77. The van der Waals surface area contributed by atoms with Crippen LogP contribution in [0.15, 0.2) is 77.6 Å². The van der Waals surface area contributed by atoms with Gasteiger partial charge in [-0.2, -0.15) is 0 Å². The fourth-order valence-electron chi connectivity index (χ4n) is 3.05. The van der Waals surface area contributed by atoms with E-state index in [0.29, 0.717) is 33.7 Å². The minimum atomic E-state index is -0.466. The van der Waals surface area contributed by atoms with Crippen LogP contribution in [0.2, 0.25) is 0 Å². The summed E-state index contributed by atoms with van der Waals surface area (Å²) in [4.78, 5) is 28.4. The lowest BCUT2D eigenvalue weighted by Gasteiger charge is -2.14. The Morgan fingerprint density at radius 1 is 1.00 bits per heavy atom. The molecule has 0 unspecified atom stereocenters. The van der Waals surface area contributed by atoms with E-state index in [2.05, 4.69) is 4.98 Å². The Labute approximate surface area is 159 Å². The van der Waals surface area contributed by atoms with Gasteiger partial charge in [-0.05, 0) is 36.4 Å². The maximum atomic E-state index is 13.3. The van der Waals surface area contributed by atoms with Crippen LogP contribution in [0.5, 0.6) is 5.75 Å². The molecule has 3 aromatic carbocycles. The van der Waals surface area contributed by atoms with Crippen LogP contribution in [-0.2, 0) is 0 Å². The Balaban J connectivity index is 2.03. The van der Waals surface area contributed by atoms with Crippen molar-refractivity contribution in [3.05, 3.63) is 93.3 Å². The van der Waals surface area contributed by atoms with E-state index in [-0.39, 0.29) is 11.2 Å². The van der Waals surface area contributed by atoms with Crippen molar-refractivity contribution in [2.75, 3.05) is 7.11 Å². The first kappa shape index (κ1) is 17.4. The predicted molar refractivity (Wildman–Crippen MR) is 106 cm³/mol. The maximum Gasteiger partial charge on any atom is 0.269 e. The Morgan fingerprint density at radius 2 is 1.75 bits per heavy atom. The minimum Gasteiger partial charge on any atom is -0.497 e. The third-order valence-corrected chi connectivity index (χ3v) is 4.42. The van der Waals surface area contributed by atoms with Gasteiger partial charge in [-0.15, -0.1) is 0 Å². The summed E-state index contributed by atoms with van der Waals surface area (Å²) in [6, 6.07) is 20.2. The van der Waals surface area contributed by atoms with Crippen LogP contribution in [-0.4, -0.2) is 21.6 Å².